The van der Waals surface area contributed by atoms with E-state index in [1.165, 1.54) is 18.4 Å². The zero-order valence-electron chi connectivity index (χ0n) is 15.5. The highest BCUT2D eigenvalue weighted by Gasteiger charge is 2.21. The second-order valence-electron chi connectivity index (χ2n) is 7.13. The summed E-state index contributed by atoms with van der Waals surface area (Å²) in [5, 5.41) is 2.89. The van der Waals surface area contributed by atoms with Gasteiger partial charge < -0.3 is 15.2 Å². The first-order chi connectivity index (χ1) is 12.5. The summed E-state index contributed by atoms with van der Waals surface area (Å²) in [6.45, 7) is 7.15. The Morgan fingerprint density at radius 2 is 2.04 bits per heavy atom. The fraction of sp³-hybridized carbons (Fsp3) is 0.429. The first-order valence-corrected chi connectivity index (χ1v) is 9.30. The lowest BCUT2D eigenvalue weighted by Gasteiger charge is -2.33. The van der Waals surface area contributed by atoms with Gasteiger partial charge in [-0.25, -0.2) is 0 Å². The maximum atomic E-state index is 12.3. The number of rotatable bonds is 5. The topological polar surface area (TPSA) is 65.2 Å². The Balaban J connectivity index is 1.52. The molecule has 1 amide bonds. The summed E-state index contributed by atoms with van der Waals surface area (Å²) in [6, 6.07) is 12.3. The van der Waals surface area contributed by atoms with E-state index >= 15 is 0 Å². The molecule has 1 unspecified atom stereocenters. The van der Waals surface area contributed by atoms with Crippen molar-refractivity contribution in [3.8, 4) is 0 Å². The van der Waals surface area contributed by atoms with Crippen molar-refractivity contribution in [2.24, 2.45) is 0 Å². The zero-order valence-corrected chi connectivity index (χ0v) is 15.5. The van der Waals surface area contributed by atoms with Gasteiger partial charge in [0.2, 0.25) is 0 Å². The number of nitrogens with zero attached hydrogens (tertiary/aromatic N) is 1. The van der Waals surface area contributed by atoms with Gasteiger partial charge in [-0.15, -0.1) is 0 Å². The minimum atomic E-state index is -0.326. The largest absolute Gasteiger partial charge is 0.351 e. The number of amides is 1. The fourth-order valence-electron chi connectivity index (χ4n) is 3.57. The van der Waals surface area contributed by atoms with Crippen LogP contribution in [-0.2, 0) is 0 Å². The van der Waals surface area contributed by atoms with Crippen molar-refractivity contribution in [2.45, 2.75) is 32.6 Å². The fourth-order valence-corrected chi connectivity index (χ4v) is 3.57. The lowest BCUT2D eigenvalue weighted by Crippen LogP contribution is -2.41. The van der Waals surface area contributed by atoms with Crippen LogP contribution in [0, 0.1) is 13.8 Å². The molecule has 1 aromatic carbocycles. The van der Waals surface area contributed by atoms with Crippen LogP contribution < -0.4 is 10.9 Å². The molecule has 0 saturated carbocycles. The summed E-state index contributed by atoms with van der Waals surface area (Å²) in [5.41, 5.74) is 2.97. The number of aromatic nitrogens is 1. The van der Waals surface area contributed by atoms with Crippen molar-refractivity contribution in [1.29, 1.82) is 0 Å². The van der Waals surface area contributed by atoms with Crippen LogP contribution in [0.25, 0.3) is 0 Å². The van der Waals surface area contributed by atoms with Gasteiger partial charge in [-0.2, -0.15) is 0 Å². The highest BCUT2D eigenvalue weighted by Crippen LogP contribution is 2.26. The Kier molecular flexibility index (Phi) is 5.89. The SMILES string of the molecule is Cc1cc(C(=O)NCCN2CCCC(c3ccccc3)C2)c(=O)[nH]c1C. The van der Waals surface area contributed by atoms with Gasteiger partial charge in [0.05, 0.1) is 0 Å². The maximum Gasteiger partial charge on any atom is 0.261 e. The van der Waals surface area contributed by atoms with E-state index < -0.39 is 0 Å². The minimum absolute atomic E-state index is 0.189. The molecule has 5 heteroatoms. The second kappa shape index (κ2) is 8.32. The van der Waals surface area contributed by atoms with Crippen molar-refractivity contribution in [2.75, 3.05) is 26.2 Å². The summed E-state index contributed by atoms with van der Waals surface area (Å²) in [6.07, 6.45) is 2.38. The van der Waals surface area contributed by atoms with E-state index in [9.17, 15) is 9.59 Å². The molecule has 0 aliphatic carbocycles. The van der Waals surface area contributed by atoms with Gasteiger partial charge in [-0.3, -0.25) is 9.59 Å². The van der Waals surface area contributed by atoms with Gasteiger partial charge in [-0.1, -0.05) is 30.3 Å². The molecule has 1 fully saturated rings. The maximum absolute atomic E-state index is 12.3. The molecule has 2 aromatic rings. The van der Waals surface area contributed by atoms with Gasteiger partial charge in [0.1, 0.15) is 5.56 Å². The highest BCUT2D eigenvalue weighted by molar-refractivity contribution is 5.94. The molecule has 5 nitrogen and oxygen atoms in total. The van der Waals surface area contributed by atoms with E-state index in [0.29, 0.717) is 12.5 Å². The molecule has 0 spiro atoms. The third-order valence-electron chi connectivity index (χ3n) is 5.23. The van der Waals surface area contributed by atoms with Crippen molar-refractivity contribution in [3.63, 3.8) is 0 Å². The van der Waals surface area contributed by atoms with E-state index in [2.05, 4.69) is 39.5 Å². The van der Waals surface area contributed by atoms with Crippen LogP contribution >= 0.6 is 0 Å². The molecule has 1 saturated heterocycles. The Morgan fingerprint density at radius 1 is 1.27 bits per heavy atom. The number of aryl methyl sites for hydroxylation is 2. The van der Waals surface area contributed by atoms with Crippen LogP contribution in [0.4, 0.5) is 0 Å². The van der Waals surface area contributed by atoms with Crippen LogP contribution in [0.1, 0.15) is 45.9 Å². The molecule has 1 atom stereocenters. The van der Waals surface area contributed by atoms with Gasteiger partial charge in [0.25, 0.3) is 11.5 Å². The number of hydrogen-bond acceptors (Lipinski definition) is 3. The van der Waals surface area contributed by atoms with Gasteiger partial charge >= 0.3 is 0 Å². The van der Waals surface area contributed by atoms with Crippen LogP contribution in [-0.4, -0.2) is 42.0 Å². The average Bonchev–Trinajstić information content (AvgIpc) is 2.65. The lowest BCUT2D eigenvalue weighted by atomic mass is 9.91. The summed E-state index contributed by atoms with van der Waals surface area (Å²) in [7, 11) is 0. The first-order valence-electron chi connectivity index (χ1n) is 9.30. The van der Waals surface area contributed by atoms with Gasteiger partial charge in [0, 0.05) is 25.3 Å². The quantitative estimate of drug-likeness (QED) is 0.868. The van der Waals surface area contributed by atoms with E-state index in [4.69, 9.17) is 0 Å². The number of nitrogens with one attached hydrogen (secondary N) is 2. The third-order valence-corrected chi connectivity index (χ3v) is 5.23. The summed E-state index contributed by atoms with van der Waals surface area (Å²) < 4.78 is 0. The minimum Gasteiger partial charge on any atom is -0.351 e. The number of carbonyl (C=O) groups is 1. The van der Waals surface area contributed by atoms with Crippen molar-refractivity contribution >= 4 is 5.91 Å². The Morgan fingerprint density at radius 3 is 2.81 bits per heavy atom. The third kappa shape index (κ3) is 4.41. The number of H-pyrrole nitrogens is 1. The molecular formula is C21H27N3O2. The number of likely N-dealkylation sites (tertiary alicyclic amines) is 1. The zero-order chi connectivity index (χ0) is 18.5. The van der Waals surface area contributed by atoms with Crippen LogP contribution in [0.3, 0.4) is 0 Å². The normalized spacial score (nSPS) is 17.8. The number of hydrogen-bond donors (Lipinski definition) is 2. The second-order valence-corrected chi connectivity index (χ2v) is 7.13. The molecular weight excluding hydrogens is 326 g/mol. The molecule has 0 bridgehead atoms. The van der Waals surface area contributed by atoms with E-state index in [1.807, 2.05) is 19.9 Å². The molecule has 1 aromatic heterocycles. The molecule has 1 aliphatic rings. The molecule has 2 heterocycles. The monoisotopic (exact) mass is 353 g/mol. The summed E-state index contributed by atoms with van der Waals surface area (Å²) >= 11 is 0. The van der Waals surface area contributed by atoms with Crippen molar-refractivity contribution in [3.05, 3.63) is 69.1 Å². The molecule has 26 heavy (non-hydrogen) atoms. The summed E-state index contributed by atoms with van der Waals surface area (Å²) in [5.74, 6) is 0.259. The van der Waals surface area contributed by atoms with Crippen LogP contribution in [0.5, 0.6) is 0 Å². The number of carbonyl (C=O) groups excluding carboxylic acids is 1. The van der Waals surface area contributed by atoms with E-state index in [-0.39, 0.29) is 17.0 Å². The van der Waals surface area contributed by atoms with E-state index in [0.717, 1.165) is 30.9 Å². The smallest absolute Gasteiger partial charge is 0.261 e. The molecule has 138 valence electrons. The van der Waals surface area contributed by atoms with Crippen molar-refractivity contribution < 1.29 is 4.79 Å². The Bertz CT molecular complexity index is 814. The predicted octanol–water partition coefficient (Wildman–Crippen LogP) is 2.60. The highest BCUT2D eigenvalue weighted by atomic mass is 16.2. The standard InChI is InChI=1S/C21H27N3O2/c1-15-13-19(21(26)23-16(15)2)20(25)22-10-12-24-11-6-9-18(14-24)17-7-4-3-5-8-17/h3-5,7-8,13,18H,6,9-12,14H2,1-2H3,(H,22,25)(H,23,26). The molecule has 0 radical (unpaired) electrons. The van der Waals surface area contributed by atoms with Gasteiger partial charge in [-0.05, 0) is 56.3 Å². The Labute approximate surface area is 154 Å². The number of benzene rings is 1. The van der Waals surface area contributed by atoms with Crippen LogP contribution in [0.2, 0.25) is 0 Å². The summed E-state index contributed by atoms with van der Waals surface area (Å²) in [4.78, 5) is 29.4. The Hall–Kier alpha value is -2.40. The van der Waals surface area contributed by atoms with Gasteiger partial charge in [0.15, 0.2) is 0 Å². The lowest BCUT2D eigenvalue weighted by molar-refractivity contribution is 0.0944. The average molecular weight is 353 g/mol. The molecule has 1 aliphatic heterocycles. The molecule has 3 rings (SSSR count). The van der Waals surface area contributed by atoms with E-state index in [1.54, 1.807) is 6.07 Å². The first kappa shape index (κ1) is 18.4. The van der Waals surface area contributed by atoms with Crippen LogP contribution in [0.15, 0.2) is 41.2 Å². The predicted molar refractivity (Wildman–Crippen MR) is 104 cm³/mol. The molecule has 2 N–H and O–H groups in total. The number of pyridine rings is 1. The number of aromatic amines is 1. The van der Waals surface area contributed by atoms with Crippen molar-refractivity contribution in [1.82, 2.24) is 15.2 Å². The number of piperidine rings is 1.